The molecule has 146 valence electrons. The summed E-state index contributed by atoms with van der Waals surface area (Å²) < 4.78 is 27.6. The number of benzene rings is 1. The van der Waals surface area contributed by atoms with Crippen molar-refractivity contribution in [1.82, 2.24) is 9.21 Å². The SMILES string of the molecule is CCN(C(=O)CN(C1CC1)S(=O)(=O)c1ccc(C#N)cc1)C1CCCCC1. The molecule has 0 radical (unpaired) electrons. The fourth-order valence-electron chi connectivity index (χ4n) is 3.86. The first-order valence-electron chi connectivity index (χ1n) is 9.79. The highest BCUT2D eigenvalue weighted by Crippen LogP contribution is 2.32. The molecule has 0 unspecified atom stereocenters. The Balaban J connectivity index is 1.78. The van der Waals surface area contributed by atoms with E-state index in [4.69, 9.17) is 5.26 Å². The van der Waals surface area contributed by atoms with Crippen LogP contribution in [0.2, 0.25) is 0 Å². The van der Waals surface area contributed by atoms with E-state index in [2.05, 4.69) is 0 Å². The lowest BCUT2D eigenvalue weighted by Crippen LogP contribution is -2.48. The maximum absolute atomic E-state index is 13.1. The maximum Gasteiger partial charge on any atom is 0.243 e. The molecule has 7 heteroatoms. The van der Waals surface area contributed by atoms with Crippen molar-refractivity contribution in [3.8, 4) is 6.07 Å². The maximum atomic E-state index is 13.1. The molecule has 27 heavy (non-hydrogen) atoms. The number of rotatable bonds is 7. The van der Waals surface area contributed by atoms with Gasteiger partial charge in [0.2, 0.25) is 15.9 Å². The summed E-state index contributed by atoms with van der Waals surface area (Å²) in [7, 11) is -3.75. The standard InChI is InChI=1S/C20H27N3O3S/c1-2-22(17-6-4-3-5-7-17)20(24)15-23(18-10-11-18)27(25,26)19-12-8-16(14-21)9-13-19/h8-9,12-13,17-18H,2-7,10-11,15H2,1H3. The lowest BCUT2D eigenvalue weighted by atomic mass is 9.94. The van der Waals surface area contributed by atoms with Gasteiger partial charge in [-0.25, -0.2) is 8.42 Å². The Bertz CT molecular complexity index is 804. The molecule has 1 amide bonds. The molecule has 1 aromatic rings. The van der Waals surface area contributed by atoms with E-state index in [1.807, 2.05) is 17.9 Å². The van der Waals surface area contributed by atoms with Crippen LogP contribution in [0.4, 0.5) is 0 Å². The number of nitriles is 1. The minimum atomic E-state index is -3.75. The van der Waals surface area contributed by atoms with E-state index in [9.17, 15) is 13.2 Å². The quantitative estimate of drug-likeness (QED) is 0.718. The molecule has 0 saturated heterocycles. The van der Waals surface area contributed by atoms with E-state index in [0.29, 0.717) is 12.1 Å². The Morgan fingerprint density at radius 1 is 1.07 bits per heavy atom. The molecule has 0 aliphatic heterocycles. The molecule has 0 spiro atoms. The van der Waals surface area contributed by atoms with Crippen molar-refractivity contribution in [2.75, 3.05) is 13.1 Å². The summed E-state index contributed by atoms with van der Waals surface area (Å²) >= 11 is 0. The zero-order chi connectivity index (χ0) is 19.4. The van der Waals surface area contributed by atoms with Crippen molar-refractivity contribution in [2.45, 2.75) is 68.8 Å². The van der Waals surface area contributed by atoms with E-state index in [-0.39, 0.29) is 29.4 Å². The molecular formula is C20H27N3O3S. The second-order valence-electron chi connectivity index (χ2n) is 7.39. The Kier molecular flexibility index (Phi) is 6.18. The zero-order valence-electron chi connectivity index (χ0n) is 15.8. The number of nitrogens with zero attached hydrogens (tertiary/aromatic N) is 3. The monoisotopic (exact) mass is 389 g/mol. The van der Waals surface area contributed by atoms with Crippen LogP contribution in [-0.2, 0) is 14.8 Å². The summed E-state index contributed by atoms with van der Waals surface area (Å²) in [4.78, 5) is 15.0. The van der Waals surface area contributed by atoms with Gasteiger partial charge < -0.3 is 4.90 Å². The molecule has 0 bridgehead atoms. The number of hydrogen-bond donors (Lipinski definition) is 0. The van der Waals surface area contributed by atoms with Gasteiger partial charge in [-0.2, -0.15) is 9.57 Å². The summed E-state index contributed by atoms with van der Waals surface area (Å²) in [5.41, 5.74) is 0.414. The van der Waals surface area contributed by atoms with E-state index in [1.165, 1.54) is 35.0 Å². The van der Waals surface area contributed by atoms with Gasteiger partial charge in [-0.3, -0.25) is 4.79 Å². The van der Waals surface area contributed by atoms with Crippen LogP contribution in [0.5, 0.6) is 0 Å². The Hall–Kier alpha value is -1.91. The molecule has 0 heterocycles. The van der Waals surface area contributed by atoms with Crippen LogP contribution < -0.4 is 0 Å². The van der Waals surface area contributed by atoms with Gasteiger partial charge in [-0.1, -0.05) is 19.3 Å². The van der Waals surface area contributed by atoms with Crippen LogP contribution in [0.1, 0.15) is 57.4 Å². The summed E-state index contributed by atoms with van der Waals surface area (Å²) in [5, 5.41) is 8.91. The van der Waals surface area contributed by atoms with E-state index >= 15 is 0 Å². The third kappa shape index (κ3) is 4.50. The minimum absolute atomic E-state index is 0.0975. The highest BCUT2D eigenvalue weighted by molar-refractivity contribution is 7.89. The molecule has 2 aliphatic carbocycles. The van der Waals surface area contributed by atoms with Crippen molar-refractivity contribution in [2.24, 2.45) is 0 Å². The number of carbonyl (C=O) groups excluding carboxylic acids is 1. The van der Waals surface area contributed by atoms with Crippen LogP contribution in [0, 0.1) is 11.3 Å². The van der Waals surface area contributed by atoms with E-state index < -0.39 is 10.0 Å². The largest absolute Gasteiger partial charge is 0.339 e. The van der Waals surface area contributed by atoms with Gasteiger partial charge in [-0.05, 0) is 56.9 Å². The van der Waals surface area contributed by atoms with Gasteiger partial charge in [0, 0.05) is 18.6 Å². The third-order valence-corrected chi connectivity index (χ3v) is 7.42. The second-order valence-corrected chi connectivity index (χ2v) is 9.28. The van der Waals surface area contributed by atoms with Gasteiger partial charge in [0.25, 0.3) is 0 Å². The van der Waals surface area contributed by atoms with Crippen molar-refractivity contribution >= 4 is 15.9 Å². The average molecular weight is 390 g/mol. The molecule has 0 N–H and O–H groups in total. The first kappa shape index (κ1) is 19.8. The lowest BCUT2D eigenvalue weighted by molar-refractivity contribution is -0.134. The van der Waals surface area contributed by atoms with Gasteiger partial charge in [0.05, 0.1) is 23.1 Å². The van der Waals surface area contributed by atoms with Crippen molar-refractivity contribution in [3.63, 3.8) is 0 Å². The zero-order valence-corrected chi connectivity index (χ0v) is 16.6. The Morgan fingerprint density at radius 2 is 1.70 bits per heavy atom. The first-order valence-corrected chi connectivity index (χ1v) is 11.2. The van der Waals surface area contributed by atoms with Gasteiger partial charge >= 0.3 is 0 Å². The number of sulfonamides is 1. The molecular weight excluding hydrogens is 362 g/mol. The fourth-order valence-corrected chi connectivity index (χ4v) is 5.50. The molecule has 2 saturated carbocycles. The summed E-state index contributed by atoms with van der Waals surface area (Å²) in [5.74, 6) is -0.103. The predicted molar refractivity (Wildman–Crippen MR) is 102 cm³/mol. The highest BCUT2D eigenvalue weighted by Gasteiger charge is 2.40. The molecule has 0 aromatic heterocycles. The van der Waals surface area contributed by atoms with E-state index in [0.717, 1.165) is 38.5 Å². The molecule has 3 rings (SSSR count). The number of amides is 1. The van der Waals surface area contributed by atoms with Gasteiger partial charge in [0.1, 0.15) is 0 Å². The van der Waals surface area contributed by atoms with Crippen LogP contribution in [-0.4, -0.2) is 48.7 Å². The fraction of sp³-hybridized carbons (Fsp3) is 0.600. The average Bonchev–Trinajstić information content (AvgIpc) is 3.52. The smallest absolute Gasteiger partial charge is 0.243 e. The number of likely N-dealkylation sites (N-methyl/N-ethyl adjacent to an activating group) is 1. The normalized spacial score (nSPS) is 18.3. The third-order valence-electron chi connectivity index (χ3n) is 5.51. The molecule has 2 fully saturated rings. The second kappa shape index (κ2) is 8.41. The Labute approximate surface area is 161 Å². The lowest BCUT2D eigenvalue weighted by Gasteiger charge is -2.35. The summed E-state index contributed by atoms with van der Waals surface area (Å²) in [6.07, 6.45) is 7.06. The number of carbonyl (C=O) groups is 1. The predicted octanol–water partition coefficient (Wildman–Crippen LogP) is 2.89. The van der Waals surface area contributed by atoms with Gasteiger partial charge in [-0.15, -0.1) is 0 Å². The van der Waals surface area contributed by atoms with Crippen LogP contribution >= 0.6 is 0 Å². The van der Waals surface area contributed by atoms with Crippen molar-refractivity contribution in [3.05, 3.63) is 29.8 Å². The number of hydrogen-bond acceptors (Lipinski definition) is 4. The van der Waals surface area contributed by atoms with Crippen LogP contribution in [0.15, 0.2) is 29.2 Å². The first-order chi connectivity index (χ1) is 13.0. The van der Waals surface area contributed by atoms with Gasteiger partial charge in [0.15, 0.2) is 0 Å². The topological polar surface area (TPSA) is 81.5 Å². The van der Waals surface area contributed by atoms with Crippen molar-refractivity contribution < 1.29 is 13.2 Å². The summed E-state index contributed by atoms with van der Waals surface area (Å²) in [6.45, 7) is 2.47. The Morgan fingerprint density at radius 3 is 2.22 bits per heavy atom. The summed E-state index contributed by atoms with van der Waals surface area (Å²) in [6, 6.07) is 8.03. The minimum Gasteiger partial charge on any atom is -0.339 e. The molecule has 1 aromatic carbocycles. The molecule has 2 aliphatic rings. The molecule has 0 atom stereocenters. The molecule has 6 nitrogen and oxygen atoms in total. The van der Waals surface area contributed by atoms with Crippen LogP contribution in [0.3, 0.4) is 0 Å². The highest BCUT2D eigenvalue weighted by atomic mass is 32.2. The van der Waals surface area contributed by atoms with E-state index in [1.54, 1.807) is 0 Å². The van der Waals surface area contributed by atoms with Crippen LogP contribution in [0.25, 0.3) is 0 Å². The van der Waals surface area contributed by atoms with Crippen molar-refractivity contribution in [1.29, 1.82) is 5.26 Å².